The number of esters is 2. The number of hydrogen-bond donors (Lipinski definition) is 2. The molecule has 2 heterocycles. The summed E-state index contributed by atoms with van der Waals surface area (Å²) in [5.41, 5.74) is 6.03. The van der Waals surface area contributed by atoms with E-state index in [0.29, 0.717) is 49.8 Å². The number of hydrazine groups is 1. The number of unbranched alkanes of at least 4 members (excludes halogenated alkanes) is 2. The minimum absolute atomic E-state index is 0.0551. The first-order chi connectivity index (χ1) is 25.5. The third-order valence-corrected chi connectivity index (χ3v) is 9.18. The van der Waals surface area contributed by atoms with Crippen molar-refractivity contribution in [3.63, 3.8) is 0 Å². The first kappa shape index (κ1) is 41.8. The number of fused-ring (bicyclic) bond motifs is 1. The lowest BCUT2D eigenvalue weighted by molar-refractivity contribution is -0.178. The largest absolute Gasteiger partial charge is 0.461 e. The van der Waals surface area contributed by atoms with Crippen LogP contribution in [0.3, 0.4) is 0 Å². The SMILES string of the molecule is CC(C)(C)OC(=O)NN(CCCCN)C(=O)N1CCC[C@]1(C(=O)OC(C)(C)C)C(CCCCN1C(=O)c2ccccc2C1=O)C(=O)OCc1ccccc1. The Hall–Kier alpha value is -4.98. The van der Waals surface area contributed by atoms with Gasteiger partial charge < -0.3 is 24.8 Å². The van der Waals surface area contributed by atoms with E-state index in [1.54, 1.807) is 77.9 Å². The Bertz CT molecular complexity index is 1630. The molecule has 2 atom stereocenters. The maximum Gasteiger partial charge on any atom is 0.426 e. The topological polar surface area (TPSA) is 178 Å². The molecule has 4 rings (SSSR count). The van der Waals surface area contributed by atoms with E-state index in [9.17, 15) is 28.8 Å². The standard InChI is InChI=1S/C40H55N5O9/c1-38(2,3)53-35(49)40(22-16-25-44(40)37(51)45(26-15-13-23-41)42-36(50)54-39(4,5)6)31(34(48)52-27-28-17-8-7-9-18-28)21-12-14-24-43-32(46)29-19-10-11-20-30(29)33(43)47/h7-11,17-20,31H,12-16,21-27,41H2,1-6H3,(H,42,50)/t31?,40-/m1/s1. The van der Waals surface area contributed by atoms with Gasteiger partial charge in [-0.25, -0.2) is 24.8 Å². The molecule has 0 bridgehead atoms. The number of likely N-dealkylation sites (tertiary alicyclic amines) is 1. The van der Waals surface area contributed by atoms with Crippen LogP contribution in [-0.4, -0.2) is 93.6 Å². The Morgan fingerprint density at radius 2 is 1.46 bits per heavy atom. The highest BCUT2D eigenvalue weighted by molar-refractivity contribution is 6.21. The van der Waals surface area contributed by atoms with Crippen LogP contribution in [-0.2, 0) is 30.4 Å². The number of ether oxygens (including phenoxy) is 3. The second-order valence-electron chi connectivity index (χ2n) is 15.7. The summed E-state index contributed by atoms with van der Waals surface area (Å²) in [6.07, 6.45) is 1.24. The smallest absolute Gasteiger partial charge is 0.426 e. The van der Waals surface area contributed by atoms with Crippen molar-refractivity contribution in [1.29, 1.82) is 0 Å². The number of rotatable bonds is 14. The van der Waals surface area contributed by atoms with E-state index in [1.165, 1.54) is 9.80 Å². The molecular weight excluding hydrogens is 694 g/mol. The molecule has 2 aromatic rings. The van der Waals surface area contributed by atoms with Crippen LogP contribution < -0.4 is 11.2 Å². The quantitative estimate of drug-likeness (QED) is 0.0814. The van der Waals surface area contributed by atoms with Crippen molar-refractivity contribution in [2.45, 2.75) is 110 Å². The van der Waals surface area contributed by atoms with E-state index in [2.05, 4.69) is 5.43 Å². The van der Waals surface area contributed by atoms with Crippen LogP contribution in [0.5, 0.6) is 0 Å². The summed E-state index contributed by atoms with van der Waals surface area (Å²) in [7, 11) is 0. The highest BCUT2D eigenvalue weighted by atomic mass is 16.6. The third kappa shape index (κ3) is 10.4. The van der Waals surface area contributed by atoms with E-state index < -0.39 is 46.7 Å². The fourth-order valence-corrected chi connectivity index (χ4v) is 6.80. The summed E-state index contributed by atoms with van der Waals surface area (Å²) < 4.78 is 17.3. The lowest BCUT2D eigenvalue weighted by Gasteiger charge is -2.44. The van der Waals surface area contributed by atoms with Crippen molar-refractivity contribution in [2.24, 2.45) is 11.7 Å². The average molecular weight is 750 g/mol. The van der Waals surface area contributed by atoms with Crippen LogP contribution >= 0.6 is 0 Å². The van der Waals surface area contributed by atoms with E-state index in [-0.39, 0.29) is 50.9 Å². The van der Waals surface area contributed by atoms with Gasteiger partial charge in [0, 0.05) is 19.6 Å². The Labute approximate surface area is 317 Å². The lowest BCUT2D eigenvalue weighted by atomic mass is 9.78. The second-order valence-corrected chi connectivity index (χ2v) is 15.7. The van der Waals surface area contributed by atoms with Crippen molar-refractivity contribution in [3.8, 4) is 0 Å². The second kappa shape index (κ2) is 17.9. The number of nitrogens with zero attached hydrogens (tertiary/aromatic N) is 3. The molecule has 1 unspecified atom stereocenters. The molecule has 2 aromatic carbocycles. The number of nitrogens with one attached hydrogen (secondary N) is 1. The van der Waals surface area contributed by atoms with Crippen LogP contribution in [0.2, 0.25) is 0 Å². The monoisotopic (exact) mass is 749 g/mol. The summed E-state index contributed by atoms with van der Waals surface area (Å²) in [5, 5.41) is 1.10. The molecule has 0 saturated carbocycles. The van der Waals surface area contributed by atoms with Crippen molar-refractivity contribution in [2.75, 3.05) is 26.2 Å². The van der Waals surface area contributed by atoms with Gasteiger partial charge in [-0.15, -0.1) is 0 Å². The van der Waals surface area contributed by atoms with Crippen molar-refractivity contribution in [1.82, 2.24) is 20.2 Å². The number of benzene rings is 2. The molecule has 0 radical (unpaired) electrons. The fraction of sp³-hybridized carbons (Fsp3) is 0.550. The molecule has 1 saturated heterocycles. The maximum atomic E-state index is 14.6. The molecule has 294 valence electrons. The zero-order valence-corrected chi connectivity index (χ0v) is 32.4. The van der Waals surface area contributed by atoms with Crippen molar-refractivity contribution >= 4 is 35.9 Å². The first-order valence-electron chi connectivity index (χ1n) is 18.7. The zero-order valence-electron chi connectivity index (χ0n) is 32.4. The maximum absolute atomic E-state index is 14.6. The van der Waals surface area contributed by atoms with Gasteiger partial charge in [0.1, 0.15) is 17.8 Å². The highest BCUT2D eigenvalue weighted by Crippen LogP contribution is 2.42. The van der Waals surface area contributed by atoms with Gasteiger partial charge in [-0.1, -0.05) is 48.9 Å². The predicted octanol–water partition coefficient (Wildman–Crippen LogP) is 5.59. The summed E-state index contributed by atoms with van der Waals surface area (Å²) in [6, 6.07) is 15.0. The molecule has 2 aliphatic heterocycles. The molecule has 0 aliphatic carbocycles. The van der Waals surface area contributed by atoms with Crippen molar-refractivity contribution in [3.05, 3.63) is 71.3 Å². The molecule has 1 fully saturated rings. The van der Waals surface area contributed by atoms with Gasteiger partial charge in [0.15, 0.2) is 5.54 Å². The molecule has 0 spiro atoms. The normalized spacial score (nSPS) is 17.5. The number of amides is 5. The van der Waals surface area contributed by atoms with Crippen molar-refractivity contribution < 1.29 is 43.0 Å². The Balaban J connectivity index is 1.68. The molecule has 0 aromatic heterocycles. The van der Waals surface area contributed by atoms with Crippen LogP contribution in [0.15, 0.2) is 54.6 Å². The van der Waals surface area contributed by atoms with Gasteiger partial charge in [-0.2, -0.15) is 0 Å². The van der Waals surface area contributed by atoms with Gasteiger partial charge in [0.05, 0.1) is 17.0 Å². The number of carbonyl (C=O) groups excluding carboxylic acids is 6. The fourth-order valence-electron chi connectivity index (χ4n) is 6.80. The number of urea groups is 1. The number of carbonyl (C=O) groups is 6. The van der Waals surface area contributed by atoms with Gasteiger partial charge in [-0.05, 0) is 104 Å². The van der Waals surface area contributed by atoms with Crippen LogP contribution in [0.4, 0.5) is 9.59 Å². The molecule has 54 heavy (non-hydrogen) atoms. The van der Waals surface area contributed by atoms with Gasteiger partial charge in [-0.3, -0.25) is 19.3 Å². The molecule has 3 N–H and O–H groups in total. The van der Waals surface area contributed by atoms with E-state index >= 15 is 0 Å². The lowest BCUT2D eigenvalue weighted by Crippen LogP contribution is -2.65. The summed E-state index contributed by atoms with van der Waals surface area (Å²) >= 11 is 0. The van der Waals surface area contributed by atoms with E-state index in [1.807, 2.05) is 18.2 Å². The molecule has 14 heteroatoms. The van der Waals surface area contributed by atoms with Gasteiger partial charge in [0.25, 0.3) is 11.8 Å². The first-order valence-corrected chi connectivity index (χ1v) is 18.7. The van der Waals surface area contributed by atoms with Crippen LogP contribution in [0.25, 0.3) is 0 Å². The Morgan fingerprint density at radius 3 is 2.06 bits per heavy atom. The number of hydrogen-bond acceptors (Lipinski definition) is 10. The Morgan fingerprint density at radius 1 is 0.852 bits per heavy atom. The summed E-state index contributed by atoms with van der Waals surface area (Å²) in [4.78, 5) is 85.2. The zero-order chi connectivity index (χ0) is 39.7. The predicted molar refractivity (Wildman–Crippen MR) is 200 cm³/mol. The van der Waals surface area contributed by atoms with Gasteiger partial charge in [0.2, 0.25) is 0 Å². The number of imide groups is 1. The summed E-state index contributed by atoms with van der Waals surface area (Å²) in [6.45, 7) is 10.7. The molecule has 2 aliphatic rings. The minimum atomic E-state index is -1.82. The third-order valence-electron chi connectivity index (χ3n) is 9.18. The van der Waals surface area contributed by atoms with Crippen LogP contribution in [0.1, 0.15) is 113 Å². The van der Waals surface area contributed by atoms with E-state index in [4.69, 9.17) is 19.9 Å². The van der Waals surface area contributed by atoms with Gasteiger partial charge >= 0.3 is 24.1 Å². The molecule has 14 nitrogen and oxygen atoms in total. The highest BCUT2D eigenvalue weighted by Gasteiger charge is 2.60. The van der Waals surface area contributed by atoms with E-state index in [0.717, 1.165) is 10.6 Å². The Kier molecular flexibility index (Phi) is 13.8. The summed E-state index contributed by atoms with van der Waals surface area (Å²) in [5.74, 6) is -3.47. The molecular formula is C40H55N5O9. The minimum Gasteiger partial charge on any atom is -0.461 e. The average Bonchev–Trinajstić information content (AvgIpc) is 3.65. The number of nitrogens with two attached hydrogens (primary N) is 1. The molecule has 5 amide bonds. The van der Waals surface area contributed by atoms with Crippen LogP contribution in [0, 0.1) is 5.92 Å².